The highest BCUT2D eigenvalue weighted by atomic mass is 32.1. The monoisotopic (exact) mass is 227 g/mol. The number of aryl methyl sites for hydroxylation is 2. The van der Waals surface area contributed by atoms with Crippen molar-refractivity contribution >= 4 is 17.2 Å². The van der Waals surface area contributed by atoms with E-state index in [1.165, 1.54) is 0 Å². The number of thiophene rings is 1. The zero-order valence-corrected chi connectivity index (χ0v) is 10.1. The van der Waals surface area contributed by atoms with Crippen LogP contribution < -0.4 is 5.32 Å². The molecular weight excluding hydrogens is 210 g/mol. The predicted molar refractivity (Wildman–Crippen MR) is 62.4 cm³/mol. The Hall–Kier alpha value is -0.870. The molecule has 0 aliphatic carbocycles. The molecule has 84 valence electrons. The summed E-state index contributed by atoms with van der Waals surface area (Å²) >= 11 is 1.62. The van der Waals surface area contributed by atoms with E-state index in [-0.39, 0.29) is 18.6 Å². The molecule has 0 spiro atoms. The summed E-state index contributed by atoms with van der Waals surface area (Å²) in [7, 11) is 0. The fraction of sp³-hybridized carbons (Fsp3) is 0.545. The lowest BCUT2D eigenvalue weighted by Gasteiger charge is -2.13. The zero-order chi connectivity index (χ0) is 11.4. The zero-order valence-electron chi connectivity index (χ0n) is 9.33. The van der Waals surface area contributed by atoms with E-state index < -0.39 is 0 Å². The van der Waals surface area contributed by atoms with Crippen molar-refractivity contribution in [1.29, 1.82) is 0 Å². The van der Waals surface area contributed by atoms with E-state index >= 15 is 0 Å². The van der Waals surface area contributed by atoms with Gasteiger partial charge in [-0.3, -0.25) is 4.79 Å². The van der Waals surface area contributed by atoms with Gasteiger partial charge in [0, 0.05) is 9.75 Å². The topological polar surface area (TPSA) is 49.3 Å². The molecule has 0 fully saturated rings. The SMILES string of the molecule is CC[C@H](CO)NC(=O)c1cc(C)sc1C. The number of amides is 1. The maximum Gasteiger partial charge on any atom is 0.252 e. The Morgan fingerprint density at radius 3 is 2.67 bits per heavy atom. The highest BCUT2D eigenvalue weighted by Crippen LogP contribution is 2.20. The second-order valence-corrected chi connectivity index (χ2v) is 5.05. The highest BCUT2D eigenvalue weighted by molar-refractivity contribution is 7.12. The van der Waals surface area contributed by atoms with Crippen LogP contribution in [0.4, 0.5) is 0 Å². The van der Waals surface area contributed by atoms with Crippen LogP contribution in [0.5, 0.6) is 0 Å². The van der Waals surface area contributed by atoms with Crippen molar-refractivity contribution in [2.45, 2.75) is 33.2 Å². The lowest BCUT2D eigenvalue weighted by molar-refractivity contribution is 0.0915. The molecule has 0 aromatic carbocycles. The van der Waals surface area contributed by atoms with Crippen LogP contribution in [0.2, 0.25) is 0 Å². The third-order valence-corrected chi connectivity index (χ3v) is 3.30. The van der Waals surface area contributed by atoms with Gasteiger partial charge in [0.2, 0.25) is 0 Å². The molecule has 3 nitrogen and oxygen atoms in total. The van der Waals surface area contributed by atoms with Crippen molar-refractivity contribution in [3.8, 4) is 0 Å². The minimum absolute atomic E-state index is 0.00952. The molecule has 0 radical (unpaired) electrons. The summed E-state index contributed by atoms with van der Waals surface area (Å²) in [6.07, 6.45) is 0.740. The number of aliphatic hydroxyl groups excluding tert-OH is 1. The molecule has 1 aromatic rings. The maximum absolute atomic E-state index is 11.8. The van der Waals surface area contributed by atoms with E-state index in [0.29, 0.717) is 0 Å². The van der Waals surface area contributed by atoms with Crippen LogP contribution in [0.25, 0.3) is 0 Å². The molecule has 0 aliphatic heterocycles. The van der Waals surface area contributed by atoms with Gasteiger partial charge in [-0.15, -0.1) is 11.3 Å². The third kappa shape index (κ3) is 3.04. The van der Waals surface area contributed by atoms with E-state index in [1.54, 1.807) is 11.3 Å². The van der Waals surface area contributed by atoms with E-state index in [2.05, 4.69) is 5.32 Å². The summed E-state index contributed by atoms with van der Waals surface area (Å²) < 4.78 is 0. The molecule has 4 heteroatoms. The van der Waals surface area contributed by atoms with E-state index in [4.69, 9.17) is 5.11 Å². The normalized spacial score (nSPS) is 12.5. The van der Waals surface area contributed by atoms with Gasteiger partial charge in [-0.05, 0) is 26.3 Å². The Morgan fingerprint density at radius 1 is 1.60 bits per heavy atom. The number of carbonyl (C=O) groups is 1. The Balaban J connectivity index is 2.72. The predicted octanol–water partition coefficient (Wildman–Crippen LogP) is 1.87. The summed E-state index contributed by atoms with van der Waals surface area (Å²) in [5, 5.41) is 11.8. The summed E-state index contributed by atoms with van der Waals surface area (Å²) in [5.74, 6) is -0.0854. The van der Waals surface area contributed by atoms with Crippen molar-refractivity contribution in [3.63, 3.8) is 0 Å². The fourth-order valence-corrected chi connectivity index (χ4v) is 2.32. The molecule has 15 heavy (non-hydrogen) atoms. The number of carbonyl (C=O) groups excluding carboxylic acids is 1. The van der Waals surface area contributed by atoms with Gasteiger partial charge in [0.15, 0.2) is 0 Å². The Morgan fingerprint density at radius 2 is 2.27 bits per heavy atom. The summed E-state index contributed by atoms with van der Waals surface area (Å²) in [6, 6.07) is 1.75. The van der Waals surface area contributed by atoms with E-state index in [1.807, 2.05) is 26.8 Å². The average Bonchev–Trinajstić information content (AvgIpc) is 2.54. The van der Waals surface area contributed by atoms with Crippen LogP contribution in [0.1, 0.15) is 33.5 Å². The lowest BCUT2D eigenvalue weighted by Crippen LogP contribution is -2.36. The Labute approximate surface area is 94.1 Å². The molecule has 0 unspecified atom stereocenters. The molecule has 2 N–H and O–H groups in total. The van der Waals surface area contributed by atoms with E-state index in [0.717, 1.165) is 21.7 Å². The van der Waals surface area contributed by atoms with Crippen molar-refractivity contribution < 1.29 is 9.90 Å². The molecule has 1 amide bonds. The van der Waals surface area contributed by atoms with Crippen molar-refractivity contribution in [1.82, 2.24) is 5.32 Å². The quantitative estimate of drug-likeness (QED) is 0.825. The summed E-state index contributed by atoms with van der Waals surface area (Å²) in [4.78, 5) is 14.0. The summed E-state index contributed by atoms with van der Waals surface area (Å²) in [6.45, 7) is 5.85. The molecule has 0 saturated heterocycles. The molecule has 0 bridgehead atoms. The standard InChI is InChI=1S/C11H17NO2S/c1-4-9(6-13)12-11(14)10-5-7(2)15-8(10)3/h5,9,13H,4,6H2,1-3H3,(H,12,14)/t9-/m1/s1. The maximum atomic E-state index is 11.8. The number of nitrogens with one attached hydrogen (secondary N) is 1. The number of aliphatic hydroxyl groups is 1. The second kappa shape index (κ2) is 5.28. The van der Waals surface area contributed by atoms with Crippen molar-refractivity contribution in [2.24, 2.45) is 0 Å². The molecule has 1 heterocycles. The Bertz CT molecular complexity index is 342. The second-order valence-electron chi connectivity index (χ2n) is 3.59. The van der Waals surface area contributed by atoms with Gasteiger partial charge in [0.05, 0.1) is 18.2 Å². The van der Waals surface area contributed by atoms with Crippen molar-refractivity contribution in [2.75, 3.05) is 6.61 Å². The van der Waals surface area contributed by atoms with Crippen LogP contribution in [-0.2, 0) is 0 Å². The minimum atomic E-state index is -0.142. The first-order chi connectivity index (χ1) is 7.08. The smallest absolute Gasteiger partial charge is 0.252 e. The van der Waals surface area contributed by atoms with Gasteiger partial charge in [0.1, 0.15) is 0 Å². The van der Waals surface area contributed by atoms with Crippen LogP contribution in [-0.4, -0.2) is 23.7 Å². The van der Waals surface area contributed by atoms with Gasteiger partial charge < -0.3 is 10.4 Å². The fourth-order valence-electron chi connectivity index (χ4n) is 1.40. The molecular formula is C11H17NO2S. The number of hydrogen-bond donors (Lipinski definition) is 2. The molecule has 1 rings (SSSR count). The highest BCUT2D eigenvalue weighted by Gasteiger charge is 2.14. The number of hydrogen-bond acceptors (Lipinski definition) is 3. The molecule has 0 saturated carbocycles. The van der Waals surface area contributed by atoms with Crippen LogP contribution in [0.15, 0.2) is 6.07 Å². The first-order valence-corrected chi connectivity index (χ1v) is 5.88. The van der Waals surface area contributed by atoms with Crippen LogP contribution in [0, 0.1) is 13.8 Å². The first-order valence-electron chi connectivity index (χ1n) is 5.07. The van der Waals surface area contributed by atoms with Gasteiger partial charge in [-0.1, -0.05) is 6.92 Å². The molecule has 0 aliphatic rings. The van der Waals surface area contributed by atoms with E-state index in [9.17, 15) is 4.79 Å². The number of rotatable bonds is 4. The Kier molecular flexibility index (Phi) is 4.29. The molecule has 1 aromatic heterocycles. The lowest BCUT2D eigenvalue weighted by atomic mass is 10.2. The van der Waals surface area contributed by atoms with Crippen LogP contribution >= 0.6 is 11.3 Å². The van der Waals surface area contributed by atoms with Gasteiger partial charge in [-0.2, -0.15) is 0 Å². The van der Waals surface area contributed by atoms with Crippen molar-refractivity contribution in [3.05, 3.63) is 21.4 Å². The largest absolute Gasteiger partial charge is 0.394 e. The minimum Gasteiger partial charge on any atom is -0.394 e. The van der Waals surface area contributed by atoms with Crippen LogP contribution in [0.3, 0.4) is 0 Å². The third-order valence-electron chi connectivity index (χ3n) is 2.33. The average molecular weight is 227 g/mol. The van der Waals surface area contributed by atoms with Gasteiger partial charge in [-0.25, -0.2) is 0 Å². The summed E-state index contributed by atoms with van der Waals surface area (Å²) in [5.41, 5.74) is 0.726. The first kappa shape index (κ1) is 12.2. The van der Waals surface area contributed by atoms with Gasteiger partial charge >= 0.3 is 0 Å². The van der Waals surface area contributed by atoms with Gasteiger partial charge in [0.25, 0.3) is 5.91 Å². The molecule has 1 atom stereocenters.